The molecule has 24 heavy (non-hydrogen) atoms. The van der Waals surface area contributed by atoms with E-state index in [0.29, 0.717) is 6.04 Å². The highest BCUT2D eigenvalue weighted by atomic mass is 16.1. The second-order valence-electron chi connectivity index (χ2n) is 6.36. The Labute approximate surface area is 143 Å². The molecule has 1 N–H and O–H groups in total. The number of hydrogen-bond acceptors (Lipinski definition) is 2. The summed E-state index contributed by atoms with van der Waals surface area (Å²) in [6.45, 7) is 10.1. The van der Waals surface area contributed by atoms with Gasteiger partial charge in [-0.15, -0.1) is 0 Å². The molecule has 2 rings (SSSR count). The van der Waals surface area contributed by atoms with Gasteiger partial charge in [-0.1, -0.05) is 17.7 Å². The number of aryl methyl sites for hydroxylation is 3. The predicted molar refractivity (Wildman–Crippen MR) is 97.7 cm³/mol. The third kappa shape index (κ3) is 3.94. The largest absolute Gasteiger partial charge is 0.349 e. The molecule has 0 saturated heterocycles. The van der Waals surface area contributed by atoms with Gasteiger partial charge >= 0.3 is 0 Å². The van der Waals surface area contributed by atoms with Crippen molar-refractivity contribution in [2.45, 2.75) is 40.7 Å². The molecule has 4 heteroatoms. The molecule has 1 aromatic carbocycles. The van der Waals surface area contributed by atoms with Crippen molar-refractivity contribution in [3.63, 3.8) is 0 Å². The van der Waals surface area contributed by atoms with E-state index >= 15 is 0 Å². The van der Waals surface area contributed by atoms with Crippen LogP contribution in [0.25, 0.3) is 6.08 Å². The summed E-state index contributed by atoms with van der Waals surface area (Å²) in [6.07, 6.45) is 3.59. The van der Waals surface area contributed by atoms with E-state index in [1.54, 1.807) is 6.08 Å². The predicted octanol–water partition coefficient (Wildman–Crippen LogP) is 4.54. The minimum Gasteiger partial charge on any atom is -0.349 e. The van der Waals surface area contributed by atoms with Crippen LogP contribution in [-0.4, -0.2) is 10.5 Å². The average Bonchev–Trinajstić information content (AvgIpc) is 2.88. The summed E-state index contributed by atoms with van der Waals surface area (Å²) < 4.78 is 2.11. The van der Waals surface area contributed by atoms with Gasteiger partial charge in [0.05, 0.1) is 0 Å². The van der Waals surface area contributed by atoms with Gasteiger partial charge in [0.1, 0.15) is 11.6 Å². The number of nitrogens with one attached hydrogen (secondary N) is 1. The van der Waals surface area contributed by atoms with Crippen LogP contribution in [0.3, 0.4) is 0 Å². The van der Waals surface area contributed by atoms with E-state index in [1.807, 2.05) is 57.3 Å². The van der Waals surface area contributed by atoms with Gasteiger partial charge < -0.3 is 9.88 Å². The molecule has 1 aromatic heterocycles. The maximum Gasteiger partial charge on any atom is 0.266 e. The average molecular weight is 321 g/mol. The van der Waals surface area contributed by atoms with Crippen LogP contribution in [0.2, 0.25) is 0 Å². The zero-order chi connectivity index (χ0) is 17.9. The molecule has 0 aliphatic carbocycles. The monoisotopic (exact) mass is 321 g/mol. The second-order valence-corrected chi connectivity index (χ2v) is 6.36. The third-order valence-corrected chi connectivity index (χ3v) is 3.93. The summed E-state index contributed by atoms with van der Waals surface area (Å²) in [4.78, 5) is 12.4. The van der Waals surface area contributed by atoms with Crippen molar-refractivity contribution in [2.75, 3.05) is 5.32 Å². The lowest BCUT2D eigenvalue weighted by molar-refractivity contribution is -0.112. The van der Waals surface area contributed by atoms with Crippen molar-refractivity contribution in [2.24, 2.45) is 0 Å². The summed E-state index contributed by atoms with van der Waals surface area (Å²) in [5.41, 5.74) is 4.88. The molecule has 0 bridgehead atoms. The highest BCUT2D eigenvalue weighted by molar-refractivity contribution is 6.09. The van der Waals surface area contributed by atoms with Crippen molar-refractivity contribution < 1.29 is 4.79 Å². The first-order valence-corrected chi connectivity index (χ1v) is 8.00. The van der Waals surface area contributed by atoms with Gasteiger partial charge in [0.25, 0.3) is 5.91 Å². The first kappa shape index (κ1) is 17.6. The lowest BCUT2D eigenvalue weighted by atomic mass is 10.1. The van der Waals surface area contributed by atoms with Gasteiger partial charge in [-0.3, -0.25) is 4.79 Å². The number of nitrogens with zero attached hydrogens (tertiary/aromatic N) is 2. The van der Waals surface area contributed by atoms with Gasteiger partial charge in [0, 0.05) is 23.6 Å². The van der Waals surface area contributed by atoms with Crippen LogP contribution < -0.4 is 5.32 Å². The molecular formula is C20H23N3O. The van der Waals surface area contributed by atoms with E-state index in [1.165, 1.54) is 0 Å². The molecule has 0 atom stereocenters. The molecule has 4 nitrogen and oxygen atoms in total. The Balaban J connectivity index is 2.26. The van der Waals surface area contributed by atoms with Gasteiger partial charge in [0.15, 0.2) is 0 Å². The normalized spacial score (nSPS) is 11.5. The zero-order valence-corrected chi connectivity index (χ0v) is 14.8. The quantitative estimate of drug-likeness (QED) is 0.664. The number of rotatable bonds is 4. The number of aromatic nitrogens is 1. The molecule has 1 amide bonds. The molecule has 0 fully saturated rings. The van der Waals surface area contributed by atoms with Gasteiger partial charge in [-0.2, -0.15) is 5.26 Å². The number of anilines is 1. The Bertz CT molecular complexity index is 835. The van der Waals surface area contributed by atoms with Crippen LogP contribution in [0.5, 0.6) is 0 Å². The molecule has 2 aromatic rings. The molecule has 0 unspecified atom stereocenters. The summed E-state index contributed by atoms with van der Waals surface area (Å²) in [7, 11) is 0. The minimum atomic E-state index is -0.389. The van der Waals surface area contributed by atoms with E-state index in [-0.39, 0.29) is 11.5 Å². The lowest BCUT2D eigenvalue weighted by Gasteiger charge is -2.09. The van der Waals surface area contributed by atoms with Gasteiger partial charge in [0.2, 0.25) is 0 Å². The molecule has 0 saturated carbocycles. The fraction of sp³-hybridized carbons (Fsp3) is 0.300. The number of amides is 1. The highest BCUT2D eigenvalue weighted by Gasteiger charge is 2.12. The van der Waals surface area contributed by atoms with Crippen LogP contribution in [-0.2, 0) is 4.79 Å². The summed E-state index contributed by atoms with van der Waals surface area (Å²) in [6, 6.07) is 10.1. The Morgan fingerprint density at radius 3 is 2.50 bits per heavy atom. The molecule has 0 radical (unpaired) electrons. The van der Waals surface area contributed by atoms with E-state index in [0.717, 1.165) is 28.1 Å². The Morgan fingerprint density at radius 1 is 1.25 bits per heavy atom. The fourth-order valence-electron chi connectivity index (χ4n) is 2.71. The van der Waals surface area contributed by atoms with Crippen LogP contribution in [0.15, 0.2) is 36.0 Å². The number of carbonyl (C=O) groups is 1. The Hall–Kier alpha value is -2.80. The number of carbonyl (C=O) groups excluding carboxylic acids is 1. The maximum absolute atomic E-state index is 12.4. The van der Waals surface area contributed by atoms with E-state index in [2.05, 4.69) is 23.7 Å². The summed E-state index contributed by atoms with van der Waals surface area (Å²) in [5, 5.41) is 12.2. The second kappa shape index (κ2) is 7.18. The van der Waals surface area contributed by atoms with Crippen LogP contribution in [0.4, 0.5) is 5.69 Å². The molecule has 124 valence electrons. The lowest BCUT2D eigenvalue weighted by Crippen LogP contribution is -2.14. The van der Waals surface area contributed by atoms with Crippen molar-refractivity contribution in [3.05, 3.63) is 58.4 Å². The fourth-order valence-corrected chi connectivity index (χ4v) is 2.71. The molecule has 1 heterocycles. The Morgan fingerprint density at radius 2 is 1.96 bits per heavy atom. The summed E-state index contributed by atoms with van der Waals surface area (Å²) in [5.74, 6) is -0.389. The maximum atomic E-state index is 12.4. The van der Waals surface area contributed by atoms with E-state index < -0.39 is 0 Å². The number of hydrogen-bond donors (Lipinski definition) is 1. The first-order valence-electron chi connectivity index (χ1n) is 8.00. The third-order valence-electron chi connectivity index (χ3n) is 3.93. The van der Waals surface area contributed by atoms with E-state index in [4.69, 9.17) is 0 Å². The van der Waals surface area contributed by atoms with Crippen molar-refractivity contribution in [1.82, 2.24) is 4.57 Å². The Kier molecular flexibility index (Phi) is 5.25. The topological polar surface area (TPSA) is 57.8 Å². The van der Waals surface area contributed by atoms with Crippen molar-refractivity contribution in [3.8, 4) is 6.07 Å². The van der Waals surface area contributed by atoms with Crippen LogP contribution in [0, 0.1) is 32.1 Å². The van der Waals surface area contributed by atoms with Crippen LogP contribution in [0.1, 0.15) is 42.3 Å². The minimum absolute atomic E-state index is 0.0934. The molecule has 0 spiro atoms. The highest BCUT2D eigenvalue weighted by Crippen LogP contribution is 2.19. The van der Waals surface area contributed by atoms with Crippen molar-refractivity contribution in [1.29, 1.82) is 5.26 Å². The zero-order valence-electron chi connectivity index (χ0n) is 14.8. The number of nitriles is 1. The molecule has 0 aliphatic heterocycles. The first-order chi connectivity index (χ1) is 11.3. The van der Waals surface area contributed by atoms with Crippen molar-refractivity contribution >= 4 is 17.7 Å². The van der Waals surface area contributed by atoms with Gasteiger partial charge in [-0.05, 0) is 64.0 Å². The SMILES string of the molecule is Cc1ccc(NC(=O)/C(C#N)=C/c2cc(C)n(C(C)C)c2)c(C)c1. The standard InChI is InChI=1S/C20H23N3O/c1-13(2)23-12-17(9-16(23)5)10-18(11-21)20(24)22-19-7-6-14(3)8-15(19)4/h6-10,12-13H,1-5H3,(H,22,24)/b18-10+. The number of benzene rings is 1. The molecular weight excluding hydrogens is 298 g/mol. The summed E-state index contributed by atoms with van der Waals surface area (Å²) >= 11 is 0. The molecule has 0 aliphatic rings. The van der Waals surface area contributed by atoms with E-state index in [9.17, 15) is 10.1 Å². The van der Waals surface area contributed by atoms with Gasteiger partial charge in [-0.25, -0.2) is 0 Å². The smallest absolute Gasteiger partial charge is 0.266 e. The van der Waals surface area contributed by atoms with Crippen LogP contribution >= 0.6 is 0 Å².